The van der Waals surface area contributed by atoms with E-state index in [0.717, 1.165) is 41.9 Å². The van der Waals surface area contributed by atoms with Gasteiger partial charge in [-0.25, -0.2) is 0 Å². The van der Waals surface area contributed by atoms with E-state index in [4.69, 9.17) is 0 Å². The molecule has 2 aromatic rings. The van der Waals surface area contributed by atoms with Gasteiger partial charge in [-0.15, -0.1) is 0 Å². The van der Waals surface area contributed by atoms with E-state index in [1.54, 1.807) is 4.68 Å². The summed E-state index contributed by atoms with van der Waals surface area (Å²) < 4.78 is 1.66. The predicted molar refractivity (Wildman–Crippen MR) is 116 cm³/mol. The molecule has 0 radical (unpaired) electrons. The molecular formula is C24H33N3O3. The van der Waals surface area contributed by atoms with Crippen molar-refractivity contribution in [3.05, 3.63) is 29.5 Å². The zero-order valence-electron chi connectivity index (χ0n) is 18.4. The van der Waals surface area contributed by atoms with E-state index in [0.29, 0.717) is 11.6 Å². The topological polar surface area (TPSA) is 75.4 Å². The van der Waals surface area contributed by atoms with Crippen molar-refractivity contribution in [2.45, 2.75) is 66.0 Å². The van der Waals surface area contributed by atoms with Gasteiger partial charge in [0.15, 0.2) is 5.78 Å². The zero-order valence-corrected chi connectivity index (χ0v) is 18.4. The van der Waals surface area contributed by atoms with Gasteiger partial charge in [0.25, 0.3) is 0 Å². The van der Waals surface area contributed by atoms with Crippen LogP contribution in [0.3, 0.4) is 0 Å². The normalized spacial score (nSPS) is 22.2. The van der Waals surface area contributed by atoms with Gasteiger partial charge < -0.3 is 10.0 Å². The molecule has 30 heavy (non-hydrogen) atoms. The Morgan fingerprint density at radius 3 is 2.57 bits per heavy atom. The van der Waals surface area contributed by atoms with Crippen LogP contribution in [-0.4, -0.2) is 44.6 Å². The number of amides is 1. The third-order valence-corrected chi connectivity index (χ3v) is 6.82. The van der Waals surface area contributed by atoms with Crippen molar-refractivity contribution in [3.8, 4) is 0 Å². The quantitative estimate of drug-likeness (QED) is 0.777. The molecule has 1 saturated carbocycles. The Kier molecular flexibility index (Phi) is 5.71. The van der Waals surface area contributed by atoms with Gasteiger partial charge in [-0.1, -0.05) is 52.2 Å². The zero-order chi connectivity index (χ0) is 21.5. The molecule has 2 aliphatic rings. The van der Waals surface area contributed by atoms with Crippen LogP contribution in [-0.2, 0) is 17.9 Å². The average Bonchev–Trinajstić information content (AvgIpc) is 3.09. The van der Waals surface area contributed by atoms with E-state index in [1.807, 2.05) is 43.9 Å². The molecule has 6 heteroatoms. The summed E-state index contributed by atoms with van der Waals surface area (Å²) in [5.41, 5.74) is 1.32. The van der Waals surface area contributed by atoms with Crippen LogP contribution in [0, 0.1) is 17.3 Å². The SMILES string of the molecule is CC(C)(C)C(=O)c1nn(CC(=O)N2CC[C@@H]3CCCC[C@H]3C2)c2cc(CO)ccc12. The van der Waals surface area contributed by atoms with E-state index in [9.17, 15) is 14.7 Å². The Morgan fingerprint density at radius 2 is 1.87 bits per heavy atom. The van der Waals surface area contributed by atoms with Crippen molar-refractivity contribution in [2.24, 2.45) is 17.3 Å². The number of piperidine rings is 1. The molecule has 2 atom stereocenters. The number of carbonyl (C=O) groups is 2. The summed E-state index contributed by atoms with van der Waals surface area (Å²) in [6, 6.07) is 5.48. The van der Waals surface area contributed by atoms with Gasteiger partial charge in [0.05, 0.1) is 12.1 Å². The maximum atomic E-state index is 13.1. The molecular weight excluding hydrogens is 378 g/mol. The third kappa shape index (κ3) is 4.02. The Hall–Kier alpha value is -2.21. The summed E-state index contributed by atoms with van der Waals surface area (Å²) in [5.74, 6) is 1.42. The highest BCUT2D eigenvalue weighted by Gasteiger charge is 2.33. The average molecular weight is 412 g/mol. The van der Waals surface area contributed by atoms with E-state index < -0.39 is 5.41 Å². The number of rotatable bonds is 4. The lowest BCUT2D eigenvalue weighted by Gasteiger charge is -2.41. The number of aromatic nitrogens is 2. The second-order valence-electron chi connectivity index (χ2n) is 10.0. The maximum Gasteiger partial charge on any atom is 0.244 e. The molecule has 1 aliphatic carbocycles. The highest BCUT2D eigenvalue weighted by atomic mass is 16.3. The van der Waals surface area contributed by atoms with Crippen molar-refractivity contribution < 1.29 is 14.7 Å². The Bertz CT molecular complexity index is 956. The molecule has 1 aromatic heterocycles. The summed E-state index contributed by atoms with van der Waals surface area (Å²) >= 11 is 0. The van der Waals surface area contributed by atoms with Crippen LogP contribution in [0.4, 0.5) is 0 Å². The molecule has 1 aromatic carbocycles. The van der Waals surface area contributed by atoms with E-state index in [1.165, 1.54) is 25.7 Å². The van der Waals surface area contributed by atoms with Gasteiger partial charge in [-0.2, -0.15) is 5.10 Å². The minimum Gasteiger partial charge on any atom is -0.392 e. The number of nitrogens with zero attached hydrogens (tertiary/aromatic N) is 3. The first kappa shape index (κ1) is 21.0. The molecule has 0 bridgehead atoms. The Balaban J connectivity index is 1.61. The highest BCUT2D eigenvalue weighted by Crippen LogP contribution is 2.36. The number of carbonyl (C=O) groups excluding carboxylic acids is 2. The number of ketones is 1. The van der Waals surface area contributed by atoms with E-state index in [2.05, 4.69) is 5.10 Å². The van der Waals surface area contributed by atoms with Gasteiger partial charge in [-0.3, -0.25) is 14.3 Å². The molecule has 1 aliphatic heterocycles. The highest BCUT2D eigenvalue weighted by molar-refractivity contribution is 6.08. The van der Waals surface area contributed by atoms with E-state index >= 15 is 0 Å². The number of hydrogen-bond donors (Lipinski definition) is 1. The van der Waals surface area contributed by atoms with Crippen LogP contribution in [0.25, 0.3) is 10.9 Å². The maximum absolute atomic E-state index is 13.1. The van der Waals surface area contributed by atoms with Gasteiger partial charge in [0.1, 0.15) is 12.2 Å². The minimum atomic E-state index is -0.561. The number of Topliss-reactive ketones (excluding diaryl/α,β-unsaturated/α-hetero) is 1. The van der Waals surface area contributed by atoms with Crippen LogP contribution in [0.5, 0.6) is 0 Å². The van der Waals surface area contributed by atoms with Crippen molar-refractivity contribution >= 4 is 22.6 Å². The van der Waals surface area contributed by atoms with Gasteiger partial charge in [0.2, 0.25) is 5.91 Å². The van der Waals surface area contributed by atoms with Gasteiger partial charge in [-0.05, 0) is 36.3 Å². The second-order valence-corrected chi connectivity index (χ2v) is 10.0. The molecule has 1 amide bonds. The fraction of sp³-hybridized carbons (Fsp3) is 0.625. The summed E-state index contributed by atoms with van der Waals surface area (Å²) in [6.45, 7) is 7.32. The predicted octanol–water partition coefficient (Wildman–Crippen LogP) is 3.80. The lowest BCUT2D eigenvalue weighted by atomic mass is 9.75. The lowest BCUT2D eigenvalue weighted by Crippen LogP contribution is -2.46. The fourth-order valence-electron chi connectivity index (χ4n) is 5.02. The van der Waals surface area contributed by atoms with Crippen LogP contribution in [0.1, 0.15) is 68.9 Å². The number of aliphatic hydroxyl groups excluding tert-OH is 1. The smallest absolute Gasteiger partial charge is 0.244 e. The first-order valence-corrected chi connectivity index (χ1v) is 11.2. The lowest BCUT2D eigenvalue weighted by molar-refractivity contribution is -0.135. The van der Waals surface area contributed by atoms with Crippen molar-refractivity contribution in [3.63, 3.8) is 0 Å². The van der Waals surface area contributed by atoms with Gasteiger partial charge >= 0.3 is 0 Å². The Morgan fingerprint density at radius 1 is 1.13 bits per heavy atom. The number of fused-ring (bicyclic) bond motifs is 2. The van der Waals surface area contributed by atoms with Crippen molar-refractivity contribution in [1.82, 2.24) is 14.7 Å². The summed E-state index contributed by atoms with van der Waals surface area (Å²) in [6.07, 6.45) is 6.22. The molecule has 2 heterocycles. The number of likely N-dealkylation sites (tertiary alicyclic amines) is 1. The Labute approximate surface area is 178 Å². The van der Waals surface area contributed by atoms with Crippen molar-refractivity contribution in [2.75, 3.05) is 13.1 Å². The number of benzene rings is 1. The standard InChI is InChI=1S/C24H33N3O3/c1-24(2,3)23(30)22-19-9-8-16(15-28)12-20(19)27(25-22)14-21(29)26-11-10-17-6-4-5-7-18(17)13-26/h8-9,12,17-18,28H,4-7,10-11,13-15H2,1-3H3/t17-,18-/m0/s1. The molecule has 0 unspecified atom stereocenters. The molecule has 0 spiro atoms. The van der Waals surface area contributed by atoms with Crippen LogP contribution >= 0.6 is 0 Å². The monoisotopic (exact) mass is 411 g/mol. The first-order chi connectivity index (χ1) is 14.3. The minimum absolute atomic E-state index is 0.0431. The van der Waals surface area contributed by atoms with Crippen LogP contribution in [0.2, 0.25) is 0 Å². The molecule has 6 nitrogen and oxygen atoms in total. The number of hydrogen-bond acceptors (Lipinski definition) is 4. The van der Waals surface area contributed by atoms with Gasteiger partial charge in [0, 0.05) is 23.9 Å². The van der Waals surface area contributed by atoms with E-state index in [-0.39, 0.29) is 24.8 Å². The van der Waals surface area contributed by atoms with Crippen LogP contribution in [0.15, 0.2) is 18.2 Å². The third-order valence-electron chi connectivity index (χ3n) is 6.82. The molecule has 1 saturated heterocycles. The largest absolute Gasteiger partial charge is 0.392 e. The first-order valence-electron chi connectivity index (χ1n) is 11.2. The van der Waals surface area contributed by atoms with Crippen LogP contribution < -0.4 is 0 Å². The second kappa shape index (κ2) is 8.14. The van der Waals surface area contributed by atoms with Crippen molar-refractivity contribution in [1.29, 1.82) is 0 Å². The molecule has 2 fully saturated rings. The summed E-state index contributed by atoms with van der Waals surface area (Å²) in [7, 11) is 0. The molecule has 1 N–H and O–H groups in total. The molecule has 162 valence electrons. The fourth-order valence-corrected chi connectivity index (χ4v) is 5.02. The summed E-state index contributed by atoms with van der Waals surface area (Å²) in [5, 5.41) is 14.9. The molecule has 4 rings (SSSR count). The summed E-state index contributed by atoms with van der Waals surface area (Å²) in [4.78, 5) is 28.1. The number of aliphatic hydroxyl groups is 1.